The molecule has 0 fully saturated rings. The van der Waals surface area contributed by atoms with Gasteiger partial charge in [-0.05, 0) is 80.8 Å². The lowest BCUT2D eigenvalue weighted by molar-refractivity contribution is 0.0977. The Morgan fingerprint density at radius 2 is 1.87 bits per heavy atom. The normalized spacial score (nSPS) is 11.5. The van der Waals surface area contributed by atoms with Gasteiger partial charge in [0.25, 0.3) is 5.91 Å². The van der Waals surface area contributed by atoms with E-state index < -0.39 is 5.82 Å². The summed E-state index contributed by atoms with van der Waals surface area (Å²) in [5.41, 5.74) is 5.21. The fraction of sp³-hybridized carbons (Fsp3) is 0.261. The molecule has 0 saturated carbocycles. The van der Waals surface area contributed by atoms with Crippen molar-refractivity contribution in [1.29, 1.82) is 0 Å². The highest BCUT2D eigenvalue weighted by molar-refractivity contribution is 6.30. The topological polar surface area (TPSA) is 71.3 Å². The number of amides is 1. The van der Waals surface area contributed by atoms with Crippen molar-refractivity contribution in [3.05, 3.63) is 81.4 Å². The maximum atomic E-state index is 13.2. The van der Waals surface area contributed by atoms with E-state index in [9.17, 15) is 9.18 Å². The maximum absolute atomic E-state index is 13.2. The first kappa shape index (κ1) is 22.5. The number of nitrogens with zero attached hydrogens (tertiary/aromatic N) is 3. The van der Waals surface area contributed by atoms with Crippen LogP contribution in [0.2, 0.25) is 5.02 Å². The van der Waals surface area contributed by atoms with Crippen molar-refractivity contribution < 1.29 is 9.18 Å². The highest BCUT2D eigenvalue weighted by Gasteiger charge is 2.12. The average Bonchev–Trinajstić information content (AvgIpc) is 2.96. The van der Waals surface area contributed by atoms with Gasteiger partial charge in [-0.1, -0.05) is 11.6 Å². The summed E-state index contributed by atoms with van der Waals surface area (Å²) in [6.07, 6.45) is 0.683. The Morgan fingerprint density at radius 1 is 1.16 bits per heavy atom. The smallest absolute Gasteiger partial charge is 0.257 e. The molecule has 1 heterocycles. The second-order valence-electron chi connectivity index (χ2n) is 7.30. The molecule has 2 N–H and O–H groups in total. The number of halogens is 2. The average molecular weight is 442 g/mol. The molecule has 0 unspecified atom stereocenters. The number of aliphatic imine (C=N–C) groups is 1. The van der Waals surface area contributed by atoms with Crippen LogP contribution in [0.4, 0.5) is 10.1 Å². The van der Waals surface area contributed by atoms with Gasteiger partial charge in [0.05, 0.1) is 5.69 Å². The molecule has 0 spiro atoms. The van der Waals surface area contributed by atoms with Crippen LogP contribution in [0.25, 0.3) is 0 Å². The Labute approximate surface area is 186 Å². The number of hydrogen-bond acceptors (Lipinski definition) is 3. The lowest BCUT2D eigenvalue weighted by atomic mass is 10.1. The van der Waals surface area contributed by atoms with Crippen molar-refractivity contribution in [2.45, 2.75) is 27.2 Å². The molecule has 0 aliphatic heterocycles. The molecule has 0 saturated heterocycles. The van der Waals surface area contributed by atoms with E-state index in [2.05, 4.69) is 20.7 Å². The summed E-state index contributed by atoms with van der Waals surface area (Å²) in [6, 6.07) is 10.8. The Morgan fingerprint density at radius 3 is 2.48 bits per heavy atom. The zero-order valence-electron chi connectivity index (χ0n) is 18.0. The minimum atomic E-state index is -0.400. The van der Waals surface area contributed by atoms with E-state index in [1.165, 1.54) is 24.3 Å². The monoisotopic (exact) mass is 441 g/mol. The Kier molecular flexibility index (Phi) is 7.07. The van der Waals surface area contributed by atoms with Crippen molar-refractivity contribution >= 4 is 29.2 Å². The number of carbonyl (C=O) groups excluding carboxylic acids is 1. The highest BCUT2D eigenvalue weighted by Crippen LogP contribution is 2.19. The number of aryl methyl sites for hydroxylation is 3. The fourth-order valence-corrected chi connectivity index (χ4v) is 3.47. The molecule has 3 rings (SSSR count). The first-order valence-corrected chi connectivity index (χ1v) is 10.3. The van der Waals surface area contributed by atoms with Gasteiger partial charge in [0.1, 0.15) is 5.82 Å². The van der Waals surface area contributed by atoms with Crippen molar-refractivity contribution in [1.82, 2.24) is 15.1 Å². The van der Waals surface area contributed by atoms with Crippen LogP contribution >= 0.6 is 11.6 Å². The number of carbonyl (C=O) groups is 1. The first-order chi connectivity index (χ1) is 14.7. The van der Waals surface area contributed by atoms with E-state index in [1.54, 1.807) is 6.07 Å². The molecule has 162 valence electrons. The number of aromatic nitrogens is 2. The van der Waals surface area contributed by atoms with Crippen molar-refractivity contribution in [2.24, 2.45) is 12.0 Å². The summed E-state index contributed by atoms with van der Waals surface area (Å²) in [7, 11) is 1.91. The SMILES string of the molecule is Cc1cc(Cl)ccc1NC(=NCCc1c(C)nn(C)c1C)NC(=O)c1ccc(F)cc1. The predicted octanol–water partition coefficient (Wildman–Crippen LogP) is 4.58. The third-order valence-electron chi connectivity index (χ3n) is 5.07. The van der Waals surface area contributed by atoms with E-state index in [4.69, 9.17) is 11.6 Å². The molecular formula is C23H25ClFN5O. The van der Waals surface area contributed by atoms with Gasteiger partial charge in [0, 0.05) is 35.6 Å². The maximum Gasteiger partial charge on any atom is 0.257 e. The third kappa shape index (κ3) is 5.70. The number of rotatable bonds is 5. The number of hydrogen-bond donors (Lipinski definition) is 2. The summed E-state index contributed by atoms with van der Waals surface area (Å²) >= 11 is 6.05. The molecule has 0 aliphatic rings. The van der Waals surface area contributed by atoms with Gasteiger partial charge >= 0.3 is 0 Å². The molecule has 2 aromatic carbocycles. The first-order valence-electron chi connectivity index (χ1n) is 9.88. The molecule has 3 aromatic rings. The third-order valence-corrected chi connectivity index (χ3v) is 5.31. The Hall–Kier alpha value is -3.19. The summed E-state index contributed by atoms with van der Waals surface area (Å²) in [5.74, 6) is -0.479. The molecule has 1 amide bonds. The summed E-state index contributed by atoms with van der Waals surface area (Å²) in [5, 5.41) is 11.0. The second-order valence-corrected chi connectivity index (χ2v) is 7.74. The van der Waals surface area contributed by atoms with E-state index >= 15 is 0 Å². The van der Waals surface area contributed by atoms with E-state index in [0.717, 1.165) is 28.2 Å². The molecular weight excluding hydrogens is 417 g/mol. The molecule has 6 nitrogen and oxygen atoms in total. The van der Waals surface area contributed by atoms with Crippen molar-refractivity contribution in [3.63, 3.8) is 0 Å². The van der Waals surface area contributed by atoms with E-state index in [0.29, 0.717) is 29.5 Å². The molecule has 0 bridgehead atoms. The molecule has 0 aliphatic carbocycles. The zero-order chi connectivity index (χ0) is 22.5. The molecule has 0 atom stereocenters. The fourth-order valence-electron chi connectivity index (χ4n) is 3.24. The Bertz CT molecular complexity index is 1120. The van der Waals surface area contributed by atoms with Gasteiger partial charge in [-0.25, -0.2) is 4.39 Å². The summed E-state index contributed by atoms with van der Waals surface area (Å²) < 4.78 is 15.0. The van der Waals surface area contributed by atoms with E-state index in [1.807, 2.05) is 44.6 Å². The summed E-state index contributed by atoms with van der Waals surface area (Å²) in [6.45, 7) is 6.35. The van der Waals surface area contributed by atoms with Crippen LogP contribution in [0.1, 0.15) is 32.9 Å². The van der Waals surface area contributed by atoms with Crippen LogP contribution in [0.5, 0.6) is 0 Å². The van der Waals surface area contributed by atoms with E-state index in [-0.39, 0.29) is 5.91 Å². The minimum absolute atomic E-state index is 0.305. The van der Waals surface area contributed by atoms with Crippen LogP contribution < -0.4 is 10.6 Å². The molecule has 8 heteroatoms. The van der Waals surface area contributed by atoms with Crippen LogP contribution in [0.15, 0.2) is 47.5 Å². The van der Waals surface area contributed by atoms with Gasteiger partial charge in [0.15, 0.2) is 0 Å². The van der Waals surface area contributed by atoms with Gasteiger partial charge in [-0.2, -0.15) is 5.10 Å². The molecule has 1 aromatic heterocycles. The van der Waals surface area contributed by atoms with Crippen LogP contribution in [0, 0.1) is 26.6 Å². The minimum Gasteiger partial charge on any atom is -0.326 e. The van der Waals surface area contributed by atoms with Crippen LogP contribution in [0.3, 0.4) is 0 Å². The van der Waals surface area contributed by atoms with Crippen LogP contribution in [-0.2, 0) is 13.5 Å². The lowest BCUT2D eigenvalue weighted by Gasteiger charge is -2.14. The number of benzene rings is 2. The predicted molar refractivity (Wildman–Crippen MR) is 122 cm³/mol. The van der Waals surface area contributed by atoms with Crippen molar-refractivity contribution in [2.75, 3.05) is 11.9 Å². The van der Waals surface area contributed by atoms with Crippen LogP contribution in [-0.4, -0.2) is 28.2 Å². The highest BCUT2D eigenvalue weighted by atomic mass is 35.5. The standard InChI is InChI=1S/C23H25ClFN5O/c1-14-13-18(24)7-10-21(14)27-23(28-22(31)17-5-8-19(25)9-6-17)26-12-11-20-15(2)29-30(4)16(20)3/h5-10,13H,11-12H2,1-4H3,(H2,26,27,28,31). The van der Waals surface area contributed by atoms with Gasteiger partial charge in [-0.3, -0.25) is 19.8 Å². The summed E-state index contributed by atoms with van der Waals surface area (Å²) in [4.78, 5) is 17.2. The van der Waals surface area contributed by atoms with Gasteiger partial charge in [0.2, 0.25) is 5.96 Å². The number of guanidine groups is 1. The Balaban J connectivity index is 1.81. The van der Waals surface area contributed by atoms with Gasteiger partial charge in [-0.15, -0.1) is 0 Å². The number of nitrogens with one attached hydrogen (secondary N) is 2. The quantitative estimate of drug-likeness (QED) is 0.449. The zero-order valence-corrected chi connectivity index (χ0v) is 18.7. The number of anilines is 1. The lowest BCUT2D eigenvalue weighted by Crippen LogP contribution is -2.36. The molecule has 0 radical (unpaired) electrons. The second kappa shape index (κ2) is 9.75. The molecule has 31 heavy (non-hydrogen) atoms. The van der Waals surface area contributed by atoms with Crippen molar-refractivity contribution in [3.8, 4) is 0 Å². The largest absolute Gasteiger partial charge is 0.326 e. The van der Waals surface area contributed by atoms with Gasteiger partial charge < -0.3 is 5.32 Å².